The Bertz CT molecular complexity index is 597. The van der Waals surface area contributed by atoms with E-state index >= 15 is 0 Å². The van der Waals surface area contributed by atoms with E-state index in [4.69, 9.17) is 0 Å². The Morgan fingerprint density at radius 1 is 1.13 bits per heavy atom. The number of hydrogen-bond acceptors (Lipinski definition) is 3. The van der Waals surface area contributed by atoms with Gasteiger partial charge in [-0.2, -0.15) is 4.31 Å². The Balaban J connectivity index is 2.29. The normalized spacial score (nSPS) is 17.6. The summed E-state index contributed by atoms with van der Waals surface area (Å²) in [5.74, 6) is 0. The van der Waals surface area contributed by atoms with E-state index in [0.717, 1.165) is 37.9 Å². The summed E-state index contributed by atoms with van der Waals surface area (Å²) in [7, 11) is -3.42. The van der Waals surface area contributed by atoms with Crippen LogP contribution < -0.4 is 5.32 Å². The van der Waals surface area contributed by atoms with Crippen molar-refractivity contribution < 1.29 is 8.42 Å². The van der Waals surface area contributed by atoms with E-state index in [0.29, 0.717) is 11.4 Å². The van der Waals surface area contributed by atoms with Crippen LogP contribution in [-0.4, -0.2) is 38.4 Å². The minimum Gasteiger partial charge on any atom is -0.317 e. The van der Waals surface area contributed by atoms with Crippen LogP contribution in [0.2, 0.25) is 0 Å². The summed E-state index contributed by atoms with van der Waals surface area (Å²) >= 11 is 0. The highest BCUT2D eigenvalue weighted by atomic mass is 32.2. The van der Waals surface area contributed by atoms with Crippen molar-refractivity contribution in [3.8, 4) is 0 Å². The van der Waals surface area contributed by atoms with Crippen LogP contribution in [0.15, 0.2) is 29.2 Å². The monoisotopic (exact) mass is 338 g/mol. The number of benzene rings is 1. The van der Waals surface area contributed by atoms with Gasteiger partial charge in [0, 0.05) is 12.6 Å². The highest BCUT2D eigenvalue weighted by molar-refractivity contribution is 7.89. The zero-order valence-corrected chi connectivity index (χ0v) is 15.6. The second kappa shape index (κ2) is 7.32. The van der Waals surface area contributed by atoms with E-state index in [1.54, 1.807) is 16.4 Å². The summed E-state index contributed by atoms with van der Waals surface area (Å²) in [5.41, 5.74) is 1.18. The van der Waals surface area contributed by atoms with E-state index in [1.165, 1.54) is 0 Å². The molecule has 1 heterocycles. The second-order valence-electron chi connectivity index (χ2n) is 7.37. The van der Waals surface area contributed by atoms with Crippen LogP contribution in [0.3, 0.4) is 0 Å². The molecule has 0 bridgehead atoms. The molecule has 1 aromatic carbocycles. The standard InChI is InChI=1S/C18H30N2O2S/c1-5-14-20(16-10-12-19-13-11-16)23(21,22)17-8-6-15(7-9-17)18(2,3)4/h6-9,16,19H,5,10-14H2,1-4H3. The van der Waals surface area contributed by atoms with Crippen LogP contribution in [-0.2, 0) is 15.4 Å². The van der Waals surface area contributed by atoms with Crippen molar-refractivity contribution in [3.63, 3.8) is 0 Å². The third-order valence-electron chi connectivity index (χ3n) is 4.49. The highest BCUT2D eigenvalue weighted by Crippen LogP contribution is 2.26. The Labute approximate surface area is 141 Å². The average Bonchev–Trinajstić information content (AvgIpc) is 2.52. The fraction of sp³-hybridized carbons (Fsp3) is 0.667. The van der Waals surface area contributed by atoms with E-state index in [1.807, 2.05) is 19.1 Å². The molecule has 0 unspecified atom stereocenters. The van der Waals surface area contributed by atoms with Crippen molar-refractivity contribution >= 4 is 10.0 Å². The first-order valence-electron chi connectivity index (χ1n) is 8.60. The number of piperidine rings is 1. The smallest absolute Gasteiger partial charge is 0.243 e. The Kier molecular flexibility index (Phi) is 5.87. The summed E-state index contributed by atoms with van der Waals surface area (Å²) in [6.07, 6.45) is 2.61. The summed E-state index contributed by atoms with van der Waals surface area (Å²) in [6.45, 7) is 10.8. The van der Waals surface area contributed by atoms with Gasteiger partial charge in [0.1, 0.15) is 0 Å². The van der Waals surface area contributed by atoms with Crippen molar-refractivity contribution in [2.75, 3.05) is 19.6 Å². The average molecular weight is 339 g/mol. The highest BCUT2D eigenvalue weighted by Gasteiger charge is 2.31. The number of sulfonamides is 1. The van der Waals surface area contributed by atoms with Gasteiger partial charge in [-0.25, -0.2) is 8.42 Å². The lowest BCUT2D eigenvalue weighted by Crippen LogP contribution is -2.46. The molecule has 0 aromatic heterocycles. The van der Waals surface area contributed by atoms with Crippen molar-refractivity contribution in [2.45, 2.75) is 63.3 Å². The quantitative estimate of drug-likeness (QED) is 0.897. The number of hydrogen-bond donors (Lipinski definition) is 1. The third kappa shape index (κ3) is 4.34. The first-order chi connectivity index (χ1) is 10.8. The molecular formula is C18H30N2O2S. The Hall–Kier alpha value is -0.910. The van der Waals surface area contributed by atoms with Crippen LogP contribution in [0.25, 0.3) is 0 Å². The second-order valence-corrected chi connectivity index (χ2v) is 9.26. The fourth-order valence-corrected chi connectivity index (χ4v) is 4.85. The van der Waals surface area contributed by atoms with Gasteiger partial charge in [0.25, 0.3) is 0 Å². The molecule has 0 amide bonds. The zero-order chi connectivity index (χ0) is 17.1. The molecule has 1 saturated heterocycles. The van der Waals surface area contributed by atoms with E-state index in [9.17, 15) is 8.42 Å². The molecule has 23 heavy (non-hydrogen) atoms. The molecule has 1 aliphatic rings. The Morgan fingerprint density at radius 2 is 1.70 bits per heavy atom. The SMILES string of the molecule is CCCN(C1CCNCC1)S(=O)(=O)c1ccc(C(C)(C)C)cc1. The molecule has 0 spiro atoms. The lowest BCUT2D eigenvalue weighted by Gasteiger charge is -2.33. The van der Waals surface area contributed by atoms with Crippen molar-refractivity contribution in [2.24, 2.45) is 0 Å². The summed E-state index contributed by atoms with van der Waals surface area (Å²) < 4.78 is 27.9. The topological polar surface area (TPSA) is 49.4 Å². The summed E-state index contributed by atoms with van der Waals surface area (Å²) in [5, 5.41) is 3.31. The summed E-state index contributed by atoms with van der Waals surface area (Å²) in [4.78, 5) is 0.414. The minimum atomic E-state index is -3.42. The first kappa shape index (κ1) is 18.4. The van der Waals surface area contributed by atoms with Gasteiger partial charge in [0.2, 0.25) is 10.0 Å². The van der Waals surface area contributed by atoms with Crippen LogP contribution in [0, 0.1) is 0 Å². The third-order valence-corrected chi connectivity index (χ3v) is 6.45. The molecule has 0 saturated carbocycles. The van der Waals surface area contributed by atoms with Gasteiger partial charge in [-0.05, 0) is 55.5 Å². The van der Waals surface area contributed by atoms with Crippen molar-refractivity contribution in [1.29, 1.82) is 0 Å². The molecule has 130 valence electrons. The predicted octanol–water partition coefficient (Wildman–Crippen LogP) is 3.14. The maximum absolute atomic E-state index is 13.1. The maximum Gasteiger partial charge on any atom is 0.243 e. The molecule has 1 aromatic rings. The van der Waals surface area contributed by atoms with Crippen molar-refractivity contribution in [1.82, 2.24) is 9.62 Å². The van der Waals surface area contributed by atoms with Crippen molar-refractivity contribution in [3.05, 3.63) is 29.8 Å². The number of nitrogens with one attached hydrogen (secondary N) is 1. The van der Waals surface area contributed by atoms with Crippen LogP contribution in [0.1, 0.15) is 52.5 Å². The summed E-state index contributed by atoms with van der Waals surface area (Å²) in [6, 6.07) is 7.53. The van der Waals surface area contributed by atoms with Gasteiger partial charge in [-0.3, -0.25) is 0 Å². The van der Waals surface area contributed by atoms with Crippen LogP contribution in [0.4, 0.5) is 0 Å². The molecule has 1 N–H and O–H groups in total. The maximum atomic E-state index is 13.1. The van der Waals surface area contributed by atoms with E-state index < -0.39 is 10.0 Å². The predicted molar refractivity (Wildman–Crippen MR) is 95.2 cm³/mol. The van der Waals surface area contributed by atoms with Gasteiger partial charge in [-0.1, -0.05) is 39.8 Å². The molecule has 1 aliphatic heterocycles. The molecule has 2 rings (SSSR count). The largest absolute Gasteiger partial charge is 0.317 e. The molecular weight excluding hydrogens is 308 g/mol. The van der Waals surface area contributed by atoms with Gasteiger partial charge >= 0.3 is 0 Å². The van der Waals surface area contributed by atoms with Gasteiger partial charge in [0.05, 0.1) is 4.90 Å². The molecule has 4 nitrogen and oxygen atoms in total. The fourth-order valence-electron chi connectivity index (χ4n) is 3.08. The lowest BCUT2D eigenvalue weighted by atomic mass is 9.87. The van der Waals surface area contributed by atoms with Gasteiger partial charge in [0.15, 0.2) is 0 Å². The molecule has 0 aliphatic carbocycles. The minimum absolute atomic E-state index is 0.0282. The first-order valence-corrected chi connectivity index (χ1v) is 10.0. The van der Waals surface area contributed by atoms with Crippen LogP contribution in [0.5, 0.6) is 0 Å². The van der Waals surface area contributed by atoms with E-state index in [-0.39, 0.29) is 11.5 Å². The van der Waals surface area contributed by atoms with Crippen LogP contribution >= 0.6 is 0 Å². The zero-order valence-electron chi connectivity index (χ0n) is 14.8. The molecule has 0 atom stereocenters. The molecule has 1 fully saturated rings. The Morgan fingerprint density at radius 3 is 2.17 bits per heavy atom. The van der Waals surface area contributed by atoms with E-state index in [2.05, 4.69) is 26.1 Å². The molecule has 0 radical (unpaired) electrons. The lowest BCUT2D eigenvalue weighted by molar-refractivity contribution is 0.262. The number of nitrogens with zero attached hydrogens (tertiary/aromatic N) is 1. The number of rotatable bonds is 5. The van der Waals surface area contributed by atoms with Gasteiger partial charge < -0.3 is 5.32 Å². The molecule has 5 heteroatoms. The van der Waals surface area contributed by atoms with Gasteiger partial charge in [-0.15, -0.1) is 0 Å².